The molecule has 6 nitrogen and oxygen atoms in total. The van der Waals surface area contributed by atoms with Gasteiger partial charge in [0.05, 0.1) is 6.67 Å². The molecule has 1 fully saturated rings. The molecular formula is C14H17N5O. The van der Waals surface area contributed by atoms with Crippen LogP contribution in [0.1, 0.15) is 23.5 Å². The lowest BCUT2D eigenvalue weighted by atomic mass is 10.3. The highest BCUT2D eigenvalue weighted by Gasteiger charge is 2.15. The van der Waals surface area contributed by atoms with Crippen LogP contribution in [0.5, 0.6) is 0 Å². The number of aromatic nitrogens is 3. The van der Waals surface area contributed by atoms with Crippen LogP contribution >= 0.6 is 0 Å². The van der Waals surface area contributed by atoms with Crippen molar-refractivity contribution in [2.75, 3.05) is 18.4 Å². The van der Waals surface area contributed by atoms with Gasteiger partial charge in [0.2, 0.25) is 5.82 Å². The minimum absolute atomic E-state index is 0.202. The van der Waals surface area contributed by atoms with Gasteiger partial charge in [-0.15, -0.1) is 5.10 Å². The predicted molar refractivity (Wildman–Crippen MR) is 75.2 cm³/mol. The first-order chi connectivity index (χ1) is 9.81. The number of para-hydroxylation sites is 1. The number of hydrogen-bond acceptors (Lipinski definition) is 4. The van der Waals surface area contributed by atoms with E-state index in [1.165, 1.54) is 12.8 Å². The van der Waals surface area contributed by atoms with Crippen molar-refractivity contribution in [2.24, 2.45) is 0 Å². The highest BCUT2D eigenvalue weighted by Crippen LogP contribution is 2.09. The predicted octanol–water partition coefficient (Wildman–Crippen LogP) is 1.58. The molecule has 0 saturated carbocycles. The molecule has 1 aromatic carbocycles. The normalized spacial score (nSPS) is 15.4. The number of benzene rings is 1. The molecule has 6 heteroatoms. The fraction of sp³-hybridized carbons (Fsp3) is 0.357. The van der Waals surface area contributed by atoms with E-state index in [1.807, 2.05) is 30.3 Å². The van der Waals surface area contributed by atoms with Crippen LogP contribution in [-0.2, 0) is 6.67 Å². The molecule has 0 spiro atoms. The third-order valence-corrected chi connectivity index (χ3v) is 3.31. The first-order valence-corrected chi connectivity index (χ1v) is 6.79. The highest BCUT2D eigenvalue weighted by atomic mass is 16.2. The Balaban J connectivity index is 1.62. The number of carbonyl (C=O) groups excluding carboxylic acids is 1. The van der Waals surface area contributed by atoms with Gasteiger partial charge in [-0.2, -0.15) is 0 Å². The summed E-state index contributed by atoms with van der Waals surface area (Å²) in [5.74, 6) is -0.0792. The fourth-order valence-electron chi connectivity index (χ4n) is 2.30. The van der Waals surface area contributed by atoms with Crippen molar-refractivity contribution in [3.63, 3.8) is 0 Å². The second-order valence-corrected chi connectivity index (χ2v) is 4.89. The molecule has 2 heterocycles. The second kappa shape index (κ2) is 5.83. The number of anilines is 1. The standard InChI is InChI=1S/C14H17N5O/c20-14(16-12-6-2-1-3-7-12)13-15-10-19(17-13)11-18-8-4-5-9-18/h1-3,6-7,10H,4-5,8-9,11H2,(H,16,20). The Morgan fingerprint density at radius 1 is 1.20 bits per heavy atom. The number of carbonyl (C=O) groups is 1. The number of amides is 1. The average Bonchev–Trinajstić information content (AvgIpc) is 3.12. The molecule has 1 aliphatic rings. The lowest BCUT2D eigenvalue weighted by Crippen LogP contribution is -2.23. The van der Waals surface area contributed by atoms with Gasteiger partial charge in [-0.05, 0) is 38.1 Å². The maximum Gasteiger partial charge on any atom is 0.295 e. The fourth-order valence-corrected chi connectivity index (χ4v) is 2.30. The minimum atomic E-state index is -0.281. The monoisotopic (exact) mass is 271 g/mol. The Hall–Kier alpha value is -2.21. The number of nitrogens with one attached hydrogen (secondary N) is 1. The number of rotatable bonds is 4. The van der Waals surface area contributed by atoms with Crippen molar-refractivity contribution in [1.82, 2.24) is 19.7 Å². The van der Waals surface area contributed by atoms with Gasteiger partial charge in [0.1, 0.15) is 6.33 Å². The minimum Gasteiger partial charge on any atom is -0.319 e. The smallest absolute Gasteiger partial charge is 0.295 e. The van der Waals surface area contributed by atoms with E-state index in [0.29, 0.717) is 6.67 Å². The Labute approximate surface area is 117 Å². The topological polar surface area (TPSA) is 63.1 Å². The Morgan fingerprint density at radius 2 is 1.95 bits per heavy atom. The van der Waals surface area contributed by atoms with Gasteiger partial charge >= 0.3 is 0 Å². The van der Waals surface area contributed by atoms with E-state index in [2.05, 4.69) is 20.3 Å². The van der Waals surface area contributed by atoms with Gasteiger partial charge < -0.3 is 5.32 Å². The van der Waals surface area contributed by atoms with Crippen LogP contribution < -0.4 is 5.32 Å². The Kier molecular flexibility index (Phi) is 3.73. The quantitative estimate of drug-likeness (QED) is 0.917. The highest BCUT2D eigenvalue weighted by molar-refractivity contribution is 6.01. The van der Waals surface area contributed by atoms with Crippen LogP contribution in [0.15, 0.2) is 36.7 Å². The number of hydrogen-bond donors (Lipinski definition) is 1. The molecule has 1 N–H and O–H groups in total. The average molecular weight is 271 g/mol. The zero-order valence-electron chi connectivity index (χ0n) is 11.2. The lowest BCUT2D eigenvalue weighted by molar-refractivity contribution is 0.101. The van der Waals surface area contributed by atoms with Gasteiger partial charge in [-0.3, -0.25) is 9.69 Å². The summed E-state index contributed by atoms with van der Waals surface area (Å²) in [5, 5.41) is 7.00. The SMILES string of the molecule is O=C(Nc1ccccc1)c1ncn(CN2CCCC2)n1. The van der Waals surface area contributed by atoms with Gasteiger partial charge in [0.25, 0.3) is 5.91 Å². The zero-order valence-corrected chi connectivity index (χ0v) is 11.2. The molecule has 1 aliphatic heterocycles. The van der Waals surface area contributed by atoms with Crippen molar-refractivity contribution in [2.45, 2.75) is 19.5 Å². The molecule has 1 amide bonds. The molecular weight excluding hydrogens is 254 g/mol. The summed E-state index contributed by atoms with van der Waals surface area (Å²) in [4.78, 5) is 18.4. The van der Waals surface area contributed by atoms with E-state index in [1.54, 1.807) is 11.0 Å². The lowest BCUT2D eigenvalue weighted by Gasteiger charge is -2.13. The molecule has 1 aromatic heterocycles. The third kappa shape index (κ3) is 3.03. The Morgan fingerprint density at radius 3 is 2.70 bits per heavy atom. The van der Waals surface area contributed by atoms with Crippen LogP contribution in [0.25, 0.3) is 0 Å². The maximum absolute atomic E-state index is 12.0. The van der Waals surface area contributed by atoms with Crippen molar-refractivity contribution < 1.29 is 4.79 Å². The van der Waals surface area contributed by atoms with Crippen LogP contribution in [0.2, 0.25) is 0 Å². The molecule has 0 radical (unpaired) electrons. The van der Waals surface area contributed by atoms with Crippen LogP contribution in [-0.4, -0.2) is 38.7 Å². The summed E-state index contributed by atoms with van der Waals surface area (Å²) in [6.45, 7) is 2.88. The second-order valence-electron chi connectivity index (χ2n) is 4.89. The van der Waals surface area contributed by atoms with Crippen molar-refractivity contribution in [1.29, 1.82) is 0 Å². The van der Waals surface area contributed by atoms with Gasteiger partial charge in [-0.1, -0.05) is 18.2 Å². The van der Waals surface area contributed by atoms with Gasteiger partial charge in [-0.25, -0.2) is 9.67 Å². The van der Waals surface area contributed by atoms with Gasteiger partial charge in [0, 0.05) is 5.69 Å². The van der Waals surface area contributed by atoms with Crippen molar-refractivity contribution in [3.05, 3.63) is 42.5 Å². The molecule has 0 bridgehead atoms. The summed E-state index contributed by atoms with van der Waals surface area (Å²) < 4.78 is 1.71. The van der Waals surface area contributed by atoms with E-state index >= 15 is 0 Å². The van der Waals surface area contributed by atoms with Crippen LogP contribution in [0, 0.1) is 0 Å². The maximum atomic E-state index is 12.0. The number of nitrogens with zero attached hydrogens (tertiary/aromatic N) is 4. The van der Waals surface area contributed by atoms with E-state index in [9.17, 15) is 4.79 Å². The van der Waals surface area contributed by atoms with E-state index in [-0.39, 0.29) is 11.7 Å². The molecule has 104 valence electrons. The van der Waals surface area contributed by atoms with E-state index in [4.69, 9.17) is 0 Å². The molecule has 0 aliphatic carbocycles. The summed E-state index contributed by atoms with van der Waals surface area (Å²) in [7, 11) is 0. The zero-order chi connectivity index (χ0) is 13.8. The molecule has 2 aromatic rings. The Bertz CT molecular complexity index is 574. The molecule has 0 atom stereocenters. The van der Waals surface area contributed by atoms with Crippen molar-refractivity contribution >= 4 is 11.6 Å². The van der Waals surface area contributed by atoms with Gasteiger partial charge in [0.15, 0.2) is 0 Å². The first kappa shape index (κ1) is 12.8. The molecule has 1 saturated heterocycles. The van der Waals surface area contributed by atoms with Crippen LogP contribution in [0.3, 0.4) is 0 Å². The molecule has 3 rings (SSSR count). The summed E-state index contributed by atoms with van der Waals surface area (Å²) in [6, 6.07) is 9.31. The summed E-state index contributed by atoms with van der Waals surface area (Å²) >= 11 is 0. The van der Waals surface area contributed by atoms with E-state index < -0.39 is 0 Å². The molecule has 0 unspecified atom stereocenters. The largest absolute Gasteiger partial charge is 0.319 e. The summed E-state index contributed by atoms with van der Waals surface area (Å²) in [6.07, 6.45) is 4.07. The molecule has 20 heavy (non-hydrogen) atoms. The first-order valence-electron chi connectivity index (χ1n) is 6.79. The van der Waals surface area contributed by atoms with E-state index in [0.717, 1.165) is 18.8 Å². The summed E-state index contributed by atoms with van der Waals surface area (Å²) in [5.41, 5.74) is 0.744. The third-order valence-electron chi connectivity index (χ3n) is 3.31. The van der Waals surface area contributed by atoms with Crippen molar-refractivity contribution in [3.8, 4) is 0 Å². The van der Waals surface area contributed by atoms with Crippen LogP contribution in [0.4, 0.5) is 5.69 Å². The number of likely N-dealkylation sites (tertiary alicyclic amines) is 1.